The number of amides is 2. The Labute approximate surface area is 136 Å². The van der Waals surface area contributed by atoms with Gasteiger partial charge in [-0.1, -0.05) is 0 Å². The molecule has 2 N–H and O–H groups in total. The van der Waals surface area contributed by atoms with Gasteiger partial charge < -0.3 is 19.9 Å². The third kappa shape index (κ3) is 5.26. The predicted molar refractivity (Wildman–Crippen MR) is 81.8 cm³/mol. The summed E-state index contributed by atoms with van der Waals surface area (Å²) in [7, 11) is 0. The normalized spacial score (nSPS) is 14.5. The number of unbranched alkanes of at least 4 members (excludes halogenated alkanes) is 1. The van der Waals surface area contributed by atoms with E-state index in [4.69, 9.17) is 5.11 Å². The number of carbonyl (C=O) groups excluding carboxylic acids is 1. The van der Waals surface area contributed by atoms with Crippen molar-refractivity contribution >= 4 is 11.7 Å². The van der Waals surface area contributed by atoms with Crippen LogP contribution in [-0.4, -0.2) is 46.0 Å². The molecule has 0 saturated heterocycles. The molecule has 1 aromatic rings. The topological polar surface area (TPSA) is 74.6 Å². The van der Waals surface area contributed by atoms with Crippen LogP contribution in [0.25, 0.3) is 0 Å². The predicted octanol–water partition coefficient (Wildman–Crippen LogP) is 2.18. The Kier molecular flexibility index (Phi) is 5.87. The number of hydrogen-bond donors (Lipinski definition) is 2. The minimum atomic E-state index is -4.52. The van der Waals surface area contributed by atoms with Crippen LogP contribution < -0.4 is 10.9 Å². The van der Waals surface area contributed by atoms with Crippen molar-refractivity contribution in [3.05, 3.63) is 28.7 Å². The van der Waals surface area contributed by atoms with E-state index in [-0.39, 0.29) is 18.3 Å². The van der Waals surface area contributed by atoms with Gasteiger partial charge in [0.25, 0.3) is 5.56 Å². The summed E-state index contributed by atoms with van der Waals surface area (Å²) in [6.07, 6.45) is -0.588. The Morgan fingerprint density at radius 3 is 2.67 bits per heavy atom. The lowest BCUT2D eigenvalue weighted by molar-refractivity contribution is -0.141. The van der Waals surface area contributed by atoms with Crippen LogP contribution in [0, 0.1) is 0 Å². The van der Waals surface area contributed by atoms with Crippen molar-refractivity contribution in [3.8, 4) is 0 Å². The van der Waals surface area contributed by atoms with Crippen molar-refractivity contribution in [2.24, 2.45) is 0 Å². The largest absolute Gasteiger partial charge is 0.406 e. The van der Waals surface area contributed by atoms with Gasteiger partial charge in [-0.2, -0.15) is 13.2 Å². The quantitative estimate of drug-likeness (QED) is 0.743. The molecule has 1 fully saturated rings. The van der Waals surface area contributed by atoms with Crippen LogP contribution in [0.3, 0.4) is 0 Å². The van der Waals surface area contributed by atoms with E-state index in [2.05, 4.69) is 5.32 Å². The number of nitrogens with one attached hydrogen (secondary N) is 1. The molecule has 0 bridgehead atoms. The summed E-state index contributed by atoms with van der Waals surface area (Å²) in [4.78, 5) is 25.9. The van der Waals surface area contributed by atoms with Crippen LogP contribution >= 0.6 is 0 Å². The maximum atomic E-state index is 12.5. The highest BCUT2D eigenvalue weighted by atomic mass is 19.4. The van der Waals surface area contributed by atoms with Crippen molar-refractivity contribution in [1.82, 2.24) is 9.47 Å². The van der Waals surface area contributed by atoms with E-state index in [1.165, 1.54) is 12.1 Å². The standard InChI is InChI=1S/C15H20F3N3O3/c16-15(17,18)10-20-7-3-4-12(13(20)23)19-14(24)21(11-5-6-11)8-1-2-9-22/h3-4,7,11,22H,1-2,5-6,8-10H2,(H,19,24). The number of rotatable bonds is 7. The van der Waals surface area contributed by atoms with Gasteiger partial charge in [-0.05, 0) is 37.8 Å². The highest BCUT2D eigenvalue weighted by Gasteiger charge is 2.33. The van der Waals surface area contributed by atoms with E-state index < -0.39 is 24.3 Å². The molecular weight excluding hydrogens is 327 g/mol. The van der Waals surface area contributed by atoms with Gasteiger partial charge in [-0.25, -0.2) is 4.79 Å². The van der Waals surface area contributed by atoms with Crippen LogP contribution in [0.5, 0.6) is 0 Å². The number of nitrogens with zero attached hydrogens (tertiary/aromatic N) is 2. The number of aliphatic hydroxyl groups is 1. The Morgan fingerprint density at radius 2 is 2.08 bits per heavy atom. The second kappa shape index (κ2) is 7.69. The Hall–Kier alpha value is -2.03. The average molecular weight is 347 g/mol. The lowest BCUT2D eigenvalue weighted by Gasteiger charge is -2.22. The van der Waals surface area contributed by atoms with Gasteiger partial charge in [0, 0.05) is 25.4 Å². The minimum Gasteiger partial charge on any atom is -0.396 e. The number of aliphatic hydroxyl groups excluding tert-OH is 1. The molecule has 0 aromatic carbocycles. The molecule has 9 heteroatoms. The number of carbonyl (C=O) groups is 1. The van der Waals surface area contributed by atoms with Crippen molar-refractivity contribution in [2.45, 2.75) is 44.4 Å². The molecule has 2 amide bonds. The first-order valence-corrected chi connectivity index (χ1v) is 7.76. The monoisotopic (exact) mass is 347 g/mol. The zero-order chi connectivity index (χ0) is 17.7. The fraction of sp³-hybridized carbons (Fsp3) is 0.600. The molecule has 0 atom stereocenters. The first-order chi connectivity index (χ1) is 11.3. The van der Waals surface area contributed by atoms with Crippen molar-refractivity contribution in [2.75, 3.05) is 18.5 Å². The molecular formula is C15H20F3N3O3. The number of halogens is 3. The average Bonchev–Trinajstić information content (AvgIpc) is 3.31. The molecule has 0 aliphatic heterocycles. The number of alkyl halides is 3. The van der Waals surface area contributed by atoms with E-state index in [0.717, 1.165) is 19.0 Å². The van der Waals surface area contributed by atoms with Crippen molar-refractivity contribution in [1.29, 1.82) is 0 Å². The fourth-order valence-electron chi connectivity index (χ4n) is 2.37. The first kappa shape index (κ1) is 18.3. The fourth-order valence-corrected chi connectivity index (χ4v) is 2.37. The summed E-state index contributed by atoms with van der Waals surface area (Å²) in [5.74, 6) is 0. The third-order valence-electron chi connectivity index (χ3n) is 3.67. The van der Waals surface area contributed by atoms with E-state index in [1.54, 1.807) is 4.90 Å². The Morgan fingerprint density at radius 1 is 1.38 bits per heavy atom. The smallest absolute Gasteiger partial charge is 0.396 e. The second-order valence-electron chi connectivity index (χ2n) is 5.76. The number of urea groups is 1. The highest BCUT2D eigenvalue weighted by Crippen LogP contribution is 2.27. The van der Waals surface area contributed by atoms with E-state index >= 15 is 0 Å². The lowest BCUT2D eigenvalue weighted by Crippen LogP contribution is -2.39. The maximum absolute atomic E-state index is 12.5. The van der Waals surface area contributed by atoms with Gasteiger partial charge in [0.15, 0.2) is 0 Å². The summed E-state index contributed by atoms with van der Waals surface area (Å²) in [5.41, 5.74) is -1.08. The van der Waals surface area contributed by atoms with Crippen molar-refractivity contribution < 1.29 is 23.1 Å². The molecule has 1 aliphatic rings. The lowest BCUT2D eigenvalue weighted by atomic mass is 10.3. The van der Waals surface area contributed by atoms with E-state index in [9.17, 15) is 22.8 Å². The zero-order valence-corrected chi connectivity index (χ0v) is 13.1. The van der Waals surface area contributed by atoms with Gasteiger partial charge in [0.1, 0.15) is 12.2 Å². The summed E-state index contributed by atoms with van der Waals surface area (Å²) in [5, 5.41) is 11.2. The summed E-state index contributed by atoms with van der Waals surface area (Å²) < 4.78 is 37.9. The van der Waals surface area contributed by atoms with Crippen LogP contribution in [0.15, 0.2) is 23.1 Å². The summed E-state index contributed by atoms with van der Waals surface area (Å²) in [6, 6.07) is 2.16. The van der Waals surface area contributed by atoms with Crippen LogP contribution in [0.1, 0.15) is 25.7 Å². The molecule has 0 unspecified atom stereocenters. The van der Waals surface area contributed by atoms with Gasteiger partial charge in [-0.15, -0.1) is 0 Å². The van der Waals surface area contributed by atoms with Crippen LogP contribution in [-0.2, 0) is 6.54 Å². The summed E-state index contributed by atoms with van der Waals surface area (Å²) >= 11 is 0. The van der Waals surface area contributed by atoms with Crippen LogP contribution in [0.4, 0.5) is 23.7 Å². The highest BCUT2D eigenvalue weighted by molar-refractivity contribution is 5.89. The molecule has 1 aromatic heterocycles. The number of pyridine rings is 1. The Bertz CT molecular complexity index is 626. The zero-order valence-electron chi connectivity index (χ0n) is 13.1. The Balaban J connectivity index is 2.07. The van der Waals surface area contributed by atoms with Crippen LogP contribution in [0.2, 0.25) is 0 Å². The number of hydrogen-bond acceptors (Lipinski definition) is 3. The van der Waals surface area contributed by atoms with Gasteiger partial charge in [0.05, 0.1) is 0 Å². The molecule has 1 heterocycles. The molecule has 0 spiro atoms. The molecule has 2 rings (SSSR count). The number of aromatic nitrogens is 1. The summed E-state index contributed by atoms with van der Waals surface area (Å²) in [6.45, 7) is -0.944. The van der Waals surface area contributed by atoms with Gasteiger partial charge in [-0.3, -0.25) is 4.79 Å². The van der Waals surface area contributed by atoms with Crippen molar-refractivity contribution in [3.63, 3.8) is 0 Å². The second-order valence-corrected chi connectivity index (χ2v) is 5.76. The molecule has 134 valence electrons. The SMILES string of the molecule is O=C(Nc1cccn(CC(F)(F)F)c1=O)N(CCCCO)C1CC1. The van der Waals surface area contributed by atoms with Gasteiger partial charge >= 0.3 is 12.2 Å². The first-order valence-electron chi connectivity index (χ1n) is 7.76. The number of anilines is 1. The van der Waals surface area contributed by atoms with Gasteiger partial charge in [0.2, 0.25) is 0 Å². The molecule has 0 radical (unpaired) electrons. The van der Waals surface area contributed by atoms with E-state index in [1.807, 2.05) is 0 Å². The van der Waals surface area contributed by atoms with E-state index in [0.29, 0.717) is 24.0 Å². The molecule has 1 saturated carbocycles. The minimum absolute atomic E-state index is 0.0287. The molecule has 1 aliphatic carbocycles. The molecule has 6 nitrogen and oxygen atoms in total. The molecule has 24 heavy (non-hydrogen) atoms. The maximum Gasteiger partial charge on any atom is 0.406 e. The third-order valence-corrected chi connectivity index (χ3v) is 3.67.